The van der Waals surface area contributed by atoms with Crippen LogP contribution in [0.1, 0.15) is 16.7 Å². The molecule has 0 unspecified atom stereocenters. The molecule has 7 heteroatoms. The minimum absolute atomic E-state index is 0.0643. The van der Waals surface area contributed by atoms with Crippen LogP contribution in [0.3, 0.4) is 0 Å². The highest BCUT2D eigenvalue weighted by Gasteiger charge is 2.13. The van der Waals surface area contributed by atoms with Gasteiger partial charge in [0, 0.05) is 25.4 Å². The number of benzene rings is 2. The topological polar surface area (TPSA) is 76.5 Å². The first-order chi connectivity index (χ1) is 14.4. The number of anilines is 1. The number of nitrogens with one attached hydrogen (secondary N) is 1. The Morgan fingerprint density at radius 2 is 1.87 bits per heavy atom. The summed E-state index contributed by atoms with van der Waals surface area (Å²) in [4.78, 5) is 26.5. The van der Waals surface area contributed by atoms with Gasteiger partial charge in [0.2, 0.25) is 11.8 Å². The summed E-state index contributed by atoms with van der Waals surface area (Å²) in [7, 11) is 3.34. The number of likely N-dealkylation sites (N-methyl/N-ethyl adjacent to an activating group) is 1. The normalized spacial score (nSPS) is 10.5. The number of rotatable bonds is 8. The van der Waals surface area contributed by atoms with Gasteiger partial charge in [-0.15, -0.1) is 0 Å². The van der Waals surface area contributed by atoms with E-state index in [4.69, 9.17) is 4.74 Å². The first-order valence-corrected chi connectivity index (χ1v) is 9.68. The molecule has 0 saturated carbocycles. The number of hydrogen-bond acceptors (Lipinski definition) is 4. The molecule has 0 radical (unpaired) electrons. The van der Waals surface area contributed by atoms with Gasteiger partial charge < -0.3 is 15.0 Å². The number of aryl methyl sites for hydroxylation is 1. The molecule has 1 heterocycles. The SMILES string of the molecule is COc1ccccc1CC(=O)Nc1cnn(CC(=O)N(C)Cc2ccc(C)cc2)c1. The first-order valence-electron chi connectivity index (χ1n) is 9.68. The Balaban J connectivity index is 1.53. The minimum atomic E-state index is -0.179. The summed E-state index contributed by atoms with van der Waals surface area (Å²) < 4.78 is 6.80. The predicted octanol–water partition coefficient (Wildman–Crippen LogP) is 3.04. The van der Waals surface area contributed by atoms with Crippen LogP contribution in [-0.4, -0.2) is 40.7 Å². The van der Waals surface area contributed by atoms with E-state index in [2.05, 4.69) is 10.4 Å². The van der Waals surface area contributed by atoms with Crippen LogP contribution >= 0.6 is 0 Å². The van der Waals surface area contributed by atoms with E-state index in [1.807, 2.05) is 55.5 Å². The molecule has 0 spiro atoms. The molecule has 2 aromatic carbocycles. The number of hydrogen-bond donors (Lipinski definition) is 1. The third-order valence-corrected chi connectivity index (χ3v) is 4.72. The lowest BCUT2D eigenvalue weighted by Crippen LogP contribution is -2.29. The van der Waals surface area contributed by atoms with Crippen molar-refractivity contribution < 1.29 is 14.3 Å². The van der Waals surface area contributed by atoms with Crippen molar-refractivity contribution in [2.75, 3.05) is 19.5 Å². The number of carbonyl (C=O) groups excluding carboxylic acids is 2. The summed E-state index contributed by atoms with van der Waals surface area (Å²) in [5.41, 5.74) is 3.60. The summed E-state index contributed by atoms with van der Waals surface area (Å²) in [6, 6.07) is 15.5. The first kappa shape index (κ1) is 21.1. The number of nitrogens with zero attached hydrogens (tertiary/aromatic N) is 3. The summed E-state index contributed by atoms with van der Waals surface area (Å²) in [6.45, 7) is 2.66. The summed E-state index contributed by atoms with van der Waals surface area (Å²) >= 11 is 0. The number of aromatic nitrogens is 2. The van der Waals surface area contributed by atoms with Gasteiger partial charge in [0.1, 0.15) is 12.3 Å². The molecule has 0 saturated heterocycles. The summed E-state index contributed by atoms with van der Waals surface area (Å²) in [6.07, 6.45) is 3.37. The molecule has 0 fully saturated rings. The van der Waals surface area contributed by atoms with Crippen LogP contribution in [0.4, 0.5) is 5.69 Å². The Kier molecular flexibility index (Phi) is 6.85. The highest BCUT2D eigenvalue weighted by atomic mass is 16.5. The van der Waals surface area contributed by atoms with Crippen LogP contribution in [0.25, 0.3) is 0 Å². The van der Waals surface area contributed by atoms with E-state index in [0.29, 0.717) is 18.0 Å². The molecule has 1 N–H and O–H groups in total. The van der Waals surface area contributed by atoms with Crippen molar-refractivity contribution in [2.24, 2.45) is 0 Å². The van der Waals surface area contributed by atoms with Crippen LogP contribution in [0.5, 0.6) is 5.75 Å². The molecule has 0 bridgehead atoms. The van der Waals surface area contributed by atoms with Crippen molar-refractivity contribution in [3.8, 4) is 5.75 Å². The molecular formula is C23H26N4O3. The van der Waals surface area contributed by atoms with Gasteiger partial charge in [-0.25, -0.2) is 0 Å². The van der Waals surface area contributed by atoms with Crippen LogP contribution in [0.15, 0.2) is 60.9 Å². The van der Waals surface area contributed by atoms with Gasteiger partial charge in [-0.1, -0.05) is 48.0 Å². The van der Waals surface area contributed by atoms with Crippen LogP contribution in [-0.2, 0) is 29.1 Å². The van der Waals surface area contributed by atoms with E-state index < -0.39 is 0 Å². The average Bonchev–Trinajstić information content (AvgIpc) is 3.16. The third-order valence-electron chi connectivity index (χ3n) is 4.72. The van der Waals surface area contributed by atoms with Gasteiger partial charge in [-0.05, 0) is 18.6 Å². The van der Waals surface area contributed by atoms with Crippen LogP contribution < -0.4 is 10.1 Å². The lowest BCUT2D eigenvalue weighted by molar-refractivity contribution is -0.131. The monoisotopic (exact) mass is 406 g/mol. The Labute approximate surface area is 176 Å². The predicted molar refractivity (Wildman–Crippen MR) is 115 cm³/mol. The van der Waals surface area contributed by atoms with Crippen molar-refractivity contribution in [3.05, 3.63) is 77.6 Å². The van der Waals surface area contributed by atoms with Gasteiger partial charge in [0.25, 0.3) is 0 Å². The maximum atomic E-state index is 12.5. The average molecular weight is 406 g/mol. The number of amides is 2. The van der Waals surface area contributed by atoms with E-state index in [-0.39, 0.29) is 24.8 Å². The van der Waals surface area contributed by atoms with Crippen molar-refractivity contribution in [2.45, 2.75) is 26.4 Å². The van der Waals surface area contributed by atoms with Gasteiger partial charge in [-0.3, -0.25) is 14.3 Å². The molecule has 2 amide bonds. The smallest absolute Gasteiger partial charge is 0.244 e. The van der Waals surface area contributed by atoms with E-state index in [1.54, 1.807) is 25.3 Å². The molecule has 0 aliphatic rings. The molecule has 0 aliphatic carbocycles. The molecule has 156 valence electrons. The zero-order chi connectivity index (χ0) is 21.5. The van der Waals surface area contributed by atoms with Gasteiger partial charge >= 0.3 is 0 Å². The fourth-order valence-corrected chi connectivity index (χ4v) is 3.06. The fraction of sp³-hybridized carbons (Fsp3) is 0.261. The summed E-state index contributed by atoms with van der Waals surface area (Å²) in [5, 5.41) is 6.99. The molecule has 0 aliphatic heterocycles. The van der Waals surface area contributed by atoms with Gasteiger partial charge in [0.15, 0.2) is 0 Å². The van der Waals surface area contributed by atoms with E-state index in [1.165, 1.54) is 16.4 Å². The Bertz CT molecular complexity index is 1010. The zero-order valence-electron chi connectivity index (χ0n) is 17.5. The van der Waals surface area contributed by atoms with Crippen molar-refractivity contribution in [3.63, 3.8) is 0 Å². The van der Waals surface area contributed by atoms with Crippen molar-refractivity contribution in [1.29, 1.82) is 0 Å². The lowest BCUT2D eigenvalue weighted by Gasteiger charge is -2.17. The maximum Gasteiger partial charge on any atom is 0.244 e. The number of ether oxygens (including phenoxy) is 1. The Morgan fingerprint density at radius 1 is 1.13 bits per heavy atom. The molecule has 3 rings (SSSR count). The lowest BCUT2D eigenvalue weighted by atomic mass is 10.1. The molecule has 3 aromatic rings. The second-order valence-corrected chi connectivity index (χ2v) is 7.20. The zero-order valence-corrected chi connectivity index (χ0v) is 17.5. The van der Waals surface area contributed by atoms with E-state index >= 15 is 0 Å². The molecule has 0 atom stereocenters. The van der Waals surface area contributed by atoms with E-state index in [9.17, 15) is 9.59 Å². The fourth-order valence-electron chi connectivity index (χ4n) is 3.06. The van der Waals surface area contributed by atoms with Crippen molar-refractivity contribution in [1.82, 2.24) is 14.7 Å². The molecule has 7 nitrogen and oxygen atoms in total. The number of para-hydroxylation sites is 1. The third kappa shape index (κ3) is 5.70. The van der Waals surface area contributed by atoms with Crippen LogP contribution in [0.2, 0.25) is 0 Å². The number of carbonyl (C=O) groups is 2. The number of methoxy groups -OCH3 is 1. The summed E-state index contributed by atoms with van der Waals surface area (Å²) in [5.74, 6) is 0.429. The quantitative estimate of drug-likeness (QED) is 0.624. The second-order valence-electron chi connectivity index (χ2n) is 7.20. The second kappa shape index (κ2) is 9.73. The molecule has 30 heavy (non-hydrogen) atoms. The Hall–Kier alpha value is -3.61. The molecular weight excluding hydrogens is 380 g/mol. The Morgan fingerprint density at radius 3 is 2.60 bits per heavy atom. The van der Waals surface area contributed by atoms with Gasteiger partial charge in [0.05, 0.1) is 25.4 Å². The van der Waals surface area contributed by atoms with E-state index in [0.717, 1.165) is 11.1 Å². The van der Waals surface area contributed by atoms with Gasteiger partial charge in [-0.2, -0.15) is 5.10 Å². The van der Waals surface area contributed by atoms with Crippen molar-refractivity contribution >= 4 is 17.5 Å². The highest BCUT2D eigenvalue weighted by Crippen LogP contribution is 2.18. The standard InChI is InChI=1S/C23H26N4O3/c1-17-8-10-18(11-9-17)14-26(2)23(29)16-27-15-20(13-24-27)25-22(28)12-19-6-4-5-7-21(19)30-3/h4-11,13,15H,12,14,16H2,1-3H3,(H,25,28). The minimum Gasteiger partial charge on any atom is -0.496 e. The largest absolute Gasteiger partial charge is 0.496 e. The highest BCUT2D eigenvalue weighted by molar-refractivity contribution is 5.92. The maximum absolute atomic E-state index is 12.5. The molecule has 1 aromatic heterocycles. The van der Waals surface area contributed by atoms with Crippen LogP contribution in [0, 0.1) is 6.92 Å².